The Morgan fingerprint density at radius 2 is 2.57 bits per heavy atom. The van der Waals surface area contributed by atoms with E-state index in [9.17, 15) is 0 Å². The van der Waals surface area contributed by atoms with Gasteiger partial charge in [0.15, 0.2) is 0 Å². The number of rotatable bonds is 3. The van der Waals surface area contributed by atoms with E-state index in [-0.39, 0.29) is 0 Å². The fourth-order valence-electron chi connectivity index (χ4n) is 2.15. The summed E-state index contributed by atoms with van der Waals surface area (Å²) >= 11 is 1.51. The molecule has 4 heteroatoms. The number of hydrogen-bond donors (Lipinski definition) is 1. The van der Waals surface area contributed by atoms with Crippen LogP contribution in [-0.2, 0) is 4.74 Å². The zero-order chi connectivity index (χ0) is 9.97. The Morgan fingerprint density at radius 1 is 1.71 bits per heavy atom. The monoisotopic (exact) mass is 212 g/mol. The smallest absolute Gasteiger partial charge is 0.0715 e. The molecule has 0 bridgehead atoms. The third kappa shape index (κ3) is 1.82. The Morgan fingerprint density at radius 3 is 3.07 bits per heavy atom. The molecular weight excluding hydrogens is 196 g/mol. The fourth-order valence-corrected chi connectivity index (χ4v) is 2.71. The minimum Gasteiger partial charge on any atom is -0.378 e. The van der Waals surface area contributed by atoms with Gasteiger partial charge in [0, 0.05) is 17.9 Å². The summed E-state index contributed by atoms with van der Waals surface area (Å²) in [7, 11) is 2.00. The van der Waals surface area contributed by atoms with Gasteiger partial charge in [-0.15, -0.1) is 0 Å². The summed E-state index contributed by atoms with van der Waals surface area (Å²) in [6, 6.07) is 2.44. The van der Waals surface area contributed by atoms with Gasteiger partial charge < -0.3 is 10.1 Å². The van der Waals surface area contributed by atoms with E-state index < -0.39 is 0 Å². The predicted octanol–water partition coefficient (Wildman–Crippen LogP) is 1.83. The van der Waals surface area contributed by atoms with Crippen LogP contribution in [0.1, 0.15) is 25.1 Å². The molecule has 3 unspecified atom stereocenters. The molecule has 78 valence electrons. The second kappa shape index (κ2) is 4.38. The molecule has 0 amide bonds. The Kier molecular flexibility index (Phi) is 3.15. The molecule has 3 atom stereocenters. The largest absolute Gasteiger partial charge is 0.378 e. The van der Waals surface area contributed by atoms with Gasteiger partial charge >= 0.3 is 0 Å². The zero-order valence-electron chi connectivity index (χ0n) is 8.56. The van der Waals surface area contributed by atoms with Crippen molar-refractivity contribution in [2.75, 3.05) is 13.7 Å². The van der Waals surface area contributed by atoms with Gasteiger partial charge in [0.2, 0.25) is 0 Å². The van der Waals surface area contributed by atoms with Crippen molar-refractivity contribution in [2.24, 2.45) is 5.92 Å². The van der Waals surface area contributed by atoms with Crippen molar-refractivity contribution >= 4 is 11.5 Å². The number of hydrogen-bond acceptors (Lipinski definition) is 4. The molecule has 1 aromatic rings. The van der Waals surface area contributed by atoms with Crippen LogP contribution in [0.15, 0.2) is 11.4 Å². The van der Waals surface area contributed by atoms with Crippen molar-refractivity contribution in [1.82, 2.24) is 9.69 Å². The van der Waals surface area contributed by atoms with Gasteiger partial charge in [0.1, 0.15) is 0 Å². The number of aromatic nitrogens is 1. The number of ether oxygens (including phenoxy) is 1. The molecule has 1 aliphatic rings. The highest BCUT2D eigenvalue weighted by Crippen LogP contribution is 2.32. The van der Waals surface area contributed by atoms with Crippen molar-refractivity contribution in [3.05, 3.63) is 17.1 Å². The lowest BCUT2D eigenvalue weighted by Gasteiger charge is -2.23. The average molecular weight is 212 g/mol. The van der Waals surface area contributed by atoms with Crippen LogP contribution in [-0.4, -0.2) is 24.1 Å². The lowest BCUT2D eigenvalue weighted by atomic mass is 9.91. The maximum Gasteiger partial charge on any atom is 0.0715 e. The number of nitrogens with zero attached hydrogens (tertiary/aromatic N) is 1. The summed E-state index contributed by atoms with van der Waals surface area (Å²) in [5.41, 5.74) is 1.15. The molecular formula is C10H16N2OS. The van der Waals surface area contributed by atoms with Crippen molar-refractivity contribution in [2.45, 2.75) is 25.5 Å². The van der Waals surface area contributed by atoms with E-state index in [1.807, 2.05) is 12.4 Å². The van der Waals surface area contributed by atoms with E-state index in [4.69, 9.17) is 4.74 Å². The first-order chi connectivity index (χ1) is 6.83. The van der Waals surface area contributed by atoms with E-state index in [0.717, 1.165) is 18.7 Å². The van der Waals surface area contributed by atoms with E-state index in [2.05, 4.69) is 22.7 Å². The SMILES string of the molecule is CNC(c1ccsn1)C1CCOC1C. The van der Waals surface area contributed by atoms with Crippen LogP contribution >= 0.6 is 11.5 Å². The lowest BCUT2D eigenvalue weighted by molar-refractivity contribution is 0.0959. The van der Waals surface area contributed by atoms with Gasteiger partial charge in [0.05, 0.1) is 17.8 Å². The van der Waals surface area contributed by atoms with E-state index in [1.165, 1.54) is 11.5 Å². The molecule has 0 saturated carbocycles. The molecule has 1 aromatic heterocycles. The molecule has 1 N–H and O–H groups in total. The van der Waals surface area contributed by atoms with Gasteiger partial charge in [-0.05, 0) is 38.0 Å². The molecule has 0 aliphatic carbocycles. The Labute approximate surface area is 88.6 Å². The Bertz CT molecular complexity index is 276. The highest BCUT2D eigenvalue weighted by atomic mass is 32.1. The van der Waals surface area contributed by atoms with E-state index >= 15 is 0 Å². The van der Waals surface area contributed by atoms with Crippen molar-refractivity contribution < 1.29 is 4.74 Å². The molecule has 3 nitrogen and oxygen atoms in total. The van der Waals surface area contributed by atoms with Crippen LogP contribution in [0.4, 0.5) is 0 Å². The third-order valence-electron chi connectivity index (χ3n) is 2.95. The van der Waals surface area contributed by atoms with E-state index in [0.29, 0.717) is 18.1 Å². The van der Waals surface area contributed by atoms with Crippen LogP contribution in [0.25, 0.3) is 0 Å². The molecule has 0 radical (unpaired) electrons. The Hall–Kier alpha value is -0.450. The van der Waals surface area contributed by atoms with Crippen molar-refractivity contribution in [3.63, 3.8) is 0 Å². The quantitative estimate of drug-likeness (QED) is 0.830. The van der Waals surface area contributed by atoms with Gasteiger partial charge in [-0.2, -0.15) is 4.37 Å². The molecule has 1 fully saturated rings. The summed E-state index contributed by atoms with van der Waals surface area (Å²) < 4.78 is 9.97. The highest BCUT2D eigenvalue weighted by molar-refractivity contribution is 7.03. The van der Waals surface area contributed by atoms with Crippen LogP contribution in [0.2, 0.25) is 0 Å². The van der Waals surface area contributed by atoms with Crippen LogP contribution < -0.4 is 5.32 Å². The second-order valence-corrected chi connectivity index (χ2v) is 4.38. The first-order valence-electron chi connectivity index (χ1n) is 5.02. The van der Waals surface area contributed by atoms with Gasteiger partial charge in [-0.25, -0.2) is 0 Å². The minimum atomic E-state index is 0.342. The summed E-state index contributed by atoms with van der Waals surface area (Å²) in [6.07, 6.45) is 1.47. The normalized spacial score (nSPS) is 29.3. The topological polar surface area (TPSA) is 34.2 Å². The predicted molar refractivity (Wildman–Crippen MR) is 57.4 cm³/mol. The first-order valence-corrected chi connectivity index (χ1v) is 5.85. The fraction of sp³-hybridized carbons (Fsp3) is 0.700. The van der Waals surface area contributed by atoms with Crippen molar-refractivity contribution in [1.29, 1.82) is 0 Å². The Balaban J connectivity index is 2.13. The maximum absolute atomic E-state index is 5.58. The molecule has 1 aliphatic heterocycles. The van der Waals surface area contributed by atoms with Gasteiger partial charge in [-0.1, -0.05) is 0 Å². The van der Waals surface area contributed by atoms with E-state index in [1.54, 1.807) is 0 Å². The van der Waals surface area contributed by atoms with Gasteiger partial charge in [-0.3, -0.25) is 0 Å². The summed E-state index contributed by atoms with van der Waals surface area (Å²) in [5, 5.41) is 5.37. The lowest BCUT2D eigenvalue weighted by Crippen LogP contribution is -2.29. The summed E-state index contributed by atoms with van der Waals surface area (Å²) in [6.45, 7) is 3.03. The van der Waals surface area contributed by atoms with Crippen LogP contribution in [0.5, 0.6) is 0 Å². The van der Waals surface area contributed by atoms with Crippen molar-refractivity contribution in [3.8, 4) is 0 Å². The highest BCUT2D eigenvalue weighted by Gasteiger charge is 2.32. The second-order valence-electron chi connectivity index (χ2n) is 3.72. The molecule has 2 rings (SSSR count). The van der Waals surface area contributed by atoms with Gasteiger partial charge in [0.25, 0.3) is 0 Å². The summed E-state index contributed by atoms with van der Waals surface area (Å²) in [5.74, 6) is 0.557. The molecule has 0 aromatic carbocycles. The number of nitrogens with one attached hydrogen (secondary N) is 1. The molecule has 2 heterocycles. The van der Waals surface area contributed by atoms with Crippen LogP contribution in [0.3, 0.4) is 0 Å². The maximum atomic E-state index is 5.58. The molecule has 1 saturated heterocycles. The minimum absolute atomic E-state index is 0.342. The average Bonchev–Trinajstić information content (AvgIpc) is 2.80. The third-order valence-corrected chi connectivity index (χ3v) is 3.52. The molecule has 14 heavy (non-hydrogen) atoms. The first kappa shape index (κ1) is 10.1. The van der Waals surface area contributed by atoms with Crippen LogP contribution in [0, 0.1) is 5.92 Å². The molecule has 0 spiro atoms. The summed E-state index contributed by atoms with van der Waals surface area (Å²) in [4.78, 5) is 0. The zero-order valence-corrected chi connectivity index (χ0v) is 9.38. The standard InChI is InChI=1S/C10H16N2OS/c1-7-8(3-5-13-7)10(11-2)9-4-6-14-12-9/h4,6-8,10-11H,3,5H2,1-2H3.